The van der Waals surface area contributed by atoms with Crippen molar-refractivity contribution in [1.82, 2.24) is 0 Å². The predicted molar refractivity (Wildman–Crippen MR) is 39.4 cm³/mol. The van der Waals surface area contributed by atoms with Gasteiger partial charge in [0.25, 0.3) is 0 Å². The van der Waals surface area contributed by atoms with Crippen LogP contribution >= 0.6 is 0 Å². The summed E-state index contributed by atoms with van der Waals surface area (Å²) in [5.41, 5.74) is 0. The van der Waals surface area contributed by atoms with Gasteiger partial charge in [0.1, 0.15) is 0 Å². The molecule has 0 amide bonds. The molecule has 2 heteroatoms. The van der Waals surface area contributed by atoms with Gasteiger partial charge in [-0.05, 0) is 0 Å². The molecule has 0 unspecified atom stereocenters. The molecule has 0 spiro atoms. The van der Waals surface area contributed by atoms with Gasteiger partial charge in [-0.3, -0.25) is 0 Å². The molecular formula is C8H18Zn2. The average Bonchev–Trinajstić information content (AvgIpc) is 1.91. The summed E-state index contributed by atoms with van der Waals surface area (Å²) in [4.78, 5) is 0. The van der Waals surface area contributed by atoms with Gasteiger partial charge in [0.05, 0.1) is 0 Å². The zero-order valence-corrected chi connectivity index (χ0v) is 13.8. The van der Waals surface area contributed by atoms with Gasteiger partial charge in [0, 0.05) is 19.5 Å². The third-order valence-electron chi connectivity index (χ3n) is 2.12. The van der Waals surface area contributed by atoms with Crippen LogP contribution in [0.25, 0.3) is 0 Å². The van der Waals surface area contributed by atoms with Gasteiger partial charge in [-0.2, -0.15) is 0 Å². The van der Waals surface area contributed by atoms with Gasteiger partial charge in [-0.25, -0.2) is 0 Å². The summed E-state index contributed by atoms with van der Waals surface area (Å²) < 4.78 is 0. The van der Waals surface area contributed by atoms with Gasteiger partial charge in [0.15, 0.2) is 0 Å². The zero-order valence-electron chi connectivity index (χ0n) is 7.82. The fourth-order valence-corrected chi connectivity index (χ4v) is 4.97. The van der Waals surface area contributed by atoms with E-state index in [2.05, 4.69) is 20.8 Å². The van der Waals surface area contributed by atoms with E-state index in [1.165, 1.54) is 12.8 Å². The summed E-state index contributed by atoms with van der Waals surface area (Å²) in [5.74, 6) is 1.09. The van der Waals surface area contributed by atoms with E-state index in [4.69, 9.17) is 0 Å². The Morgan fingerprint density at radius 1 is 1.10 bits per heavy atom. The summed E-state index contributed by atoms with van der Waals surface area (Å²) in [7, 11) is 0. The first-order valence-electron chi connectivity index (χ1n) is 4.35. The molecule has 0 rings (SSSR count). The van der Waals surface area contributed by atoms with Crippen molar-refractivity contribution in [2.45, 2.75) is 43.6 Å². The molecule has 0 fully saturated rings. The second-order valence-corrected chi connectivity index (χ2v) is 7.62. The molecular weight excluding hydrogens is 227 g/mol. The van der Waals surface area contributed by atoms with Crippen LogP contribution in [0.5, 0.6) is 0 Å². The minimum Gasteiger partial charge on any atom is 0 e. The summed E-state index contributed by atoms with van der Waals surface area (Å²) in [6.07, 6.45) is 2.84. The molecule has 0 N–H and O–H groups in total. The third kappa shape index (κ3) is 7.35. The number of hydrogen-bond acceptors (Lipinski definition) is 0. The molecule has 0 saturated carbocycles. The topological polar surface area (TPSA) is 0 Å². The van der Waals surface area contributed by atoms with Gasteiger partial charge in [-0.15, -0.1) is 0 Å². The zero-order chi connectivity index (χ0) is 7.11. The first kappa shape index (κ1) is 13.8. The van der Waals surface area contributed by atoms with Crippen molar-refractivity contribution in [3.63, 3.8) is 0 Å². The minimum absolute atomic E-state index is 0. The van der Waals surface area contributed by atoms with Crippen LogP contribution in [-0.2, 0) is 36.6 Å². The molecule has 0 aliphatic heterocycles. The first-order chi connectivity index (χ1) is 4.35. The van der Waals surface area contributed by atoms with Gasteiger partial charge < -0.3 is 0 Å². The molecule has 0 aliphatic carbocycles. The van der Waals surface area contributed by atoms with Gasteiger partial charge in [0.2, 0.25) is 0 Å². The molecule has 0 aromatic carbocycles. The van der Waals surface area contributed by atoms with Crippen molar-refractivity contribution in [3.8, 4) is 0 Å². The maximum absolute atomic E-state index is 2.35. The average molecular weight is 245 g/mol. The maximum Gasteiger partial charge on any atom is 0 e. The Bertz CT molecular complexity index is 51.2. The van der Waals surface area contributed by atoms with Crippen LogP contribution in [0.3, 0.4) is 0 Å². The molecule has 0 aliphatic rings. The predicted octanol–water partition coefficient (Wildman–Crippen LogP) is 3.36. The van der Waals surface area contributed by atoms with E-state index < -0.39 is 0 Å². The Morgan fingerprint density at radius 3 is 1.90 bits per heavy atom. The van der Waals surface area contributed by atoms with Gasteiger partial charge in [-0.1, -0.05) is 0 Å². The summed E-state index contributed by atoms with van der Waals surface area (Å²) in [6.45, 7) is 7.00. The van der Waals surface area contributed by atoms with E-state index >= 15 is 0 Å². The molecule has 10 heavy (non-hydrogen) atoms. The van der Waals surface area contributed by atoms with Crippen LogP contribution in [0.4, 0.5) is 0 Å². The van der Waals surface area contributed by atoms with E-state index in [0.717, 1.165) is 5.92 Å². The Balaban J connectivity index is 0. The second kappa shape index (κ2) is 10.2. The first-order valence-corrected chi connectivity index (χ1v) is 8.54. The van der Waals surface area contributed by atoms with E-state index in [-0.39, 0.29) is 36.6 Å². The molecule has 0 nitrogen and oxygen atoms in total. The van der Waals surface area contributed by atoms with Gasteiger partial charge >= 0.3 is 66.7 Å². The molecule has 0 saturated heterocycles. The fraction of sp³-hybridized carbons (Fsp3) is 1.00. The van der Waals surface area contributed by atoms with Crippen LogP contribution in [0, 0.1) is 5.92 Å². The summed E-state index contributed by atoms with van der Waals surface area (Å²) in [6, 6.07) is 0. The van der Waals surface area contributed by atoms with Crippen molar-refractivity contribution in [2.75, 3.05) is 0 Å². The number of hydrogen-bond donors (Lipinski definition) is 0. The fourth-order valence-electron chi connectivity index (χ4n) is 1.19. The SMILES string of the molecule is C[CH2][Zn][CH2]C(CC)CC.[Zn]. The molecule has 0 atom stereocenters. The molecule has 0 radical (unpaired) electrons. The molecule has 0 heterocycles. The van der Waals surface area contributed by atoms with E-state index in [0.29, 0.717) is 0 Å². The number of rotatable bonds is 5. The van der Waals surface area contributed by atoms with E-state index in [1.807, 2.05) is 0 Å². The van der Waals surface area contributed by atoms with Crippen molar-refractivity contribution in [1.29, 1.82) is 0 Å². The smallest absolute Gasteiger partial charge is 0 e. The Morgan fingerprint density at radius 2 is 1.60 bits per heavy atom. The minimum atomic E-state index is -0.0225. The van der Waals surface area contributed by atoms with E-state index in [1.54, 1.807) is 10.0 Å². The van der Waals surface area contributed by atoms with Crippen molar-refractivity contribution in [2.24, 2.45) is 5.92 Å². The molecule has 0 aromatic heterocycles. The monoisotopic (exact) mass is 242 g/mol. The molecule has 0 bridgehead atoms. The molecule has 54 valence electrons. The maximum atomic E-state index is 2.35. The van der Waals surface area contributed by atoms with Crippen LogP contribution in [0.2, 0.25) is 10.0 Å². The van der Waals surface area contributed by atoms with Crippen molar-refractivity contribution in [3.05, 3.63) is 0 Å². The van der Waals surface area contributed by atoms with E-state index in [9.17, 15) is 0 Å². The van der Waals surface area contributed by atoms with Crippen LogP contribution in [0.1, 0.15) is 33.6 Å². The Hall–Kier alpha value is 1.25. The second-order valence-electron chi connectivity index (χ2n) is 2.82. The van der Waals surface area contributed by atoms with Crippen molar-refractivity contribution < 1.29 is 36.6 Å². The van der Waals surface area contributed by atoms with Crippen LogP contribution < -0.4 is 0 Å². The Kier molecular flexibility index (Phi) is 14.2. The standard InChI is InChI=1S/C6H13.C2H5.2Zn/c1-4-6(3)5-2;1-2;;/h6H,3-5H2,1-2H3;1H2,2H3;;. The summed E-state index contributed by atoms with van der Waals surface area (Å²) in [5, 5.41) is 3.18. The molecule has 0 aromatic rings. The quantitative estimate of drug-likeness (QED) is 0.651. The third-order valence-corrected chi connectivity index (χ3v) is 6.17. The van der Waals surface area contributed by atoms with Crippen molar-refractivity contribution >= 4 is 0 Å². The summed E-state index contributed by atoms with van der Waals surface area (Å²) >= 11 is -0.0225. The largest absolute Gasteiger partial charge is 0 e. The normalized spacial score (nSPS) is 8.80. The Labute approximate surface area is 85.9 Å². The van der Waals surface area contributed by atoms with Crippen LogP contribution in [-0.4, -0.2) is 0 Å². The van der Waals surface area contributed by atoms with Crippen LogP contribution in [0.15, 0.2) is 0 Å².